The summed E-state index contributed by atoms with van der Waals surface area (Å²) in [5.74, 6) is -0.331. The maximum Gasteiger partial charge on any atom is 0.241 e. The lowest BCUT2D eigenvalue weighted by Gasteiger charge is -2.17. The molecule has 2 amide bonds. The Balaban J connectivity index is 2.20. The molecule has 0 fully saturated rings. The Morgan fingerprint density at radius 1 is 1.47 bits per heavy atom. The number of hydrazone groups is 1. The van der Waals surface area contributed by atoms with Crippen LogP contribution in [0.5, 0.6) is 0 Å². The first-order chi connectivity index (χ1) is 8.08. The minimum Gasteiger partial charge on any atom is -0.304 e. The van der Waals surface area contributed by atoms with Gasteiger partial charge in [0.25, 0.3) is 0 Å². The van der Waals surface area contributed by atoms with E-state index in [0.717, 1.165) is 4.88 Å². The Hall–Kier alpha value is -1.34. The predicted molar refractivity (Wildman–Crippen MR) is 68.4 cm³/mol. The van der Waals surface area contributed by atoms with Crippen molar-refractivity contribution in [1.29, 1.82) is 0 Å². The molecule has 1 aromatic rings. The van der Waals surface area contributed by atoms with Crippen LogP contribution in [0.2, 0.25) is 0 Å². The van der Waals surface area contributed by atoms with Crippen molar-refractivity contribution in [3.05, 3.63) is 22.4 Å². The molecule has 1 aromatic heterocycles. The molecule has 90 valence electrons. The SMILES string of the molecule is CC(=O)NC1=NN(C(C)=O)[C@@H](c2cccs2)S1. The van der Waals surface area contributed by atoms with E-state index in [9.17, 15) is 9.59 Å². The van der Waals surface area contributed by atoms with E-state index in [-0.39, 0.29) is 17.2 Å². The zero-order valence-electron chi connectivity index (χ0n) is 9.34. The summed E-state index contributed by atoms with van der Waals surface area (Å²) < 4.78 is 0. The van der Waals surface area contributed by atoms with Crippen molar-refractivity contribution in [2.24, 2.45) is 5.10 Å². The van der Waals surface area contributed by atoms with Gasteiger partial charge in [0.05, 0.1) is 0 Å². The van der Waals surface area contributed by atoms with Gasteiger partial charge in [0.15, 0.2) is 5.17 Å². The maximum absolute atomic E-state index is 11.5. The van der Waals surface area contributed by atoms with Gasteiger partial charge in [-0.05, 0) is 11.4 Å². The van der Waals surface area contributed by atoms with Crippen molar-refractivity contribution in [2.45, 2.75) is 19.2 Å². The van der Waals surface area contributed by atoms with Crippen LogP contribution in [-0.4, -0.2) is 22.0 Å². The summed E-state index contributed by atoms with van der Waals surface area (Å²) in [4.78, 5) is 23.5. The number of amidine groups is 1. The van der Waals surface area contributed by atoms with Crippen LogP contribution < -0.4 is 5.32 Å². The van der Waals surface area contributed by atoms with Crippen molar-refractivity contribution in [3.63, 3.8) is 0 Å². The van der Waals surface area contributed by atoms with Crippen molar-refractivity contribution < 1.29 is 9.59 Å². The Morgan fingerprint density at radius 2 is 2.24 bits per heavy atom. The van der Waals surface area contributed by atoms with Crippen molar-refractivity contribution in [2.75, 3.05) is 0 Å². The zero-order chi connectivity index (χ0) is 12.4. The third-order valence-electron chi connectivity index (χ3n) is 2.04. The summed E-state index contributed by atoms with van der Waals surface area (Å²) in [7, 11) is 0. The molecule has 0 saturated heterocycles. The minimum absolute atomic E-state index is 0.142. The molecule has 17 heavy (non-hydrogen) atoms. The molecule has 1 N–H and O–H groups in total. The van der Waals surface area contributed by atoms with Crippen LogP contribution in [0.25, 0.3) is 0 Å². The molecule has 1 atom stereocenters. The number of carbonyl (C=O) groups excluding carboxylic acids is 2. The lowest BCUT2D eigenvalue weighted by atomic mass is 10.4. The van der Waals surface area contributed by atoms with Crippen LogP contribution in [0.15, 0.2) is 22.6 Å². The highest BCUT2D eigenvalue weighted by atomic mass is 32.2. The van der Waals surface area contributed by atoms with Gasteiger partial charge < -0.3 is 5.32 Å². The Bertz CT molecular complexity index is 470. The largest absolute Gasteiger partial charge is 0.304 e. The number of nitrogens with zero attached hydrogens (tertiary/aromatic N) is 2. The van der Waals surface area contributed by atoms with Crippen molar-refractivity contribution >= 4 is 40.1 Å². The molecule has 0 saturated carbocycles. The van der Waals surface area contributed by atoms with E-state index in [0.29, 0.717) is 5.17 Å². The highest BCUT2D eigenvalue weighted by Crippen LogP contribution is 2.40. The first kappa shape index (κ1) is 12.1. The van der Waals surface area contributed by atoms with E-state index in [1.54, 1.807) is 11.3 Å². The second kappa shape index (κ2) is 4.89. The second-order valence-electron chi connectivity index (χ2n) is 3.44. The molecule has 2 rings (SSSR count). The standard InChI is InChI=1S/C10H11N3O2S2/c1-6(14)11-10-12-13(7(2)15)9(17-10)8-4-3-5-16-8/h3-5,9H,1-2H3,(H,11,12,14)/t9-/m1/s1. The smallest absolute Gasteiger partial charge is 0.241 e. The summed E-state index contributed by atoms with van der Waals surface area (Å²) in [5.41, 5.74) is 0. The molecule has 0 radical (unpaired) electrons. The third-order valence-corrected chi connectivity index (χ3v) is 4.19. The fraction of sp³-hybridized carbons (Fsp3) is 0.300. The van der Waals surface area contributed by atoms with E-state index >= 15 is 0 Å². The first-order valence-electron chi connectivity index (χ1n) is 4.94. The summed E-state index contributed by atoms with van der Waals surface area (Å²) in [6, 6.07) is 3.87. The van der Waals surface area contributed by atoms with Crippen LogP contribution in [0.3, 0.4) is 0 Å². The Morgan fingerprint density at radius 3 is 2.76 bits per heavy atom. The topological polar surface area (TPSA) is 61.8 Å². The number of thiophene rings is 1. The lowest BCUT2D eigenvalue weighted by Crippen LogP contribution is -2.25. The van der Waals surface area contributed by atoms with Gasteiger partial charge in [-0.25, -0.2) is 5.01 Å². The van der Waals surface area contributed by atoms with Crippen molar-refractivity contribution in [1.82, 2.24) is 10.3 Å². The third kappa shape index (κ3) is 2.67. The van der Waals surface area contributed by atoms with Gasteiger partial charge in [0.1, 0.15) is 5.37 Å². The van der Waals surface area contributed by atoms with Gasteiger partial charge in [-0.1, -0.05) is 17.8 Å². The molecule has 5 nitrogen and oxygen atoms in total. The quantitative estimate of drug-likeness (QED) is 0.845. The van der Waals surface area contributed by atoms with Crippen LogP contribution >= 0.6 is 23.1 Å². The van der Waals surface area contributed by atoms with Gasteiger partial charge in [0, 0.05) is 18.7 Å². The number of hydrogen-bond acceptors (Lipinski definition) is 5. The van der Waals surface area contributed by atoms with Gasteiger partial charge in [0.2, 0.25) is 11.8 Å². The summed E-state index contributed by atoms with van der Waals surface area (Å²) in [6.45, 7) is 2.88. The molecule has 0 unspecified atom stereocenters. The number of hydrogen-bond donors (Lipinski definition) is 1. The monoisotopic (exact) mass is 269 g/mol. The molecule has 7 heteroatoms. The normalized spacial score (nSPS) is 19.1. The Kier molecular flexibility index (Phi) is 3.49. The van der Waals surface area contributed by atoms with Crippen LogP contribution in [0.4, 0.5) is 0 Å². The molecule has 1 aliphatic rings. The molecule has 0 aromatic carbocycles. The molecular formula is C10H11N3O2S2. The van der Waals surface area contributed by atoms with Gasteiger partial charge in [-0.15, -0.1) is 16.4 Å². The molecular weight excluding hydrogens is 258 g/mol. The number of nitrogens with one attached hydrogen (secondary N) is 1. The average Bonchev–Trinajstić information content (AvgIpc) is 2.82. The number of amides is 2. The average molecular weight is 269 g/mol. The van der Waals surface area contributed by atoms with Crippen LogP contribution in [-0.2, 0) is 9.59 Å². The lowest BCUT2D eigenvalue weighted by molar-refractivity contribution is -0.129. The highest BCUT2D eigenvalue weighted by molar-refractivity contribution is 8.14. The zero-order valence-corrected chi connectivity index (χ0v) is 11.0. The minimum atomic E-state index is -0.188. The fourth-order valence-electron chi connectivity index (χ4n) is 1.38. The summed E-state index contributed by atoms with van der Waals surface area (Å²) in [6.07, 6.45) is 0. The highest BCUT2D eigenvalue weighted by Gasteiger charge is 2.32. The number of carbonyl (C=O) groups is 2. The molecule has 0 bridgehead atoms. The summed E-state index contributed by atoms with van der Waals surface area (Å²) in [5, 5.41) is 10.3. The van der Waals surface area contributed by atoms with Gasteiger partial charge in [-0.2, -0.15) is 0 Å². The number of rotatable bonds is 1. The van der Waals surface area contributed by atoms with Gasteiger partial charge in [-0.3, -0.25) is 9.59 Å². The Labute approximate surface area is 107 Å². The maximum atomic E-state index is 11.5. The first-order valence-corrected chi connectivity index (χ1v) is 6.70. The van der Waals surface area contributed by atoms with Crippen LogP contribution in [0.1, 0.15) is 24.1 Å². The van der Waals surface area contributed by atoms with E-state index < -0.39 is 0 Å². The number of thioether (sulfide) groups is 1. The van der Waals surface area contributed by atoms with E-state index in [1.807, 2.05) is 17.5 Å². The molecule has 2 heterocycles. The van der Waals surface area contributed by atoms with E-state index in [1.165, 1.54) is 30.6 Å². The van der Waals surface area contributed by atoms with Crippen LogP contribution in [0, 0.1) is 0 Å². The van der Waals surface area contributed by atoms with E-state index in [2.05, 4.69) is 10.4 Å². The molecule has 0 spiro atoms. The fourth-order valence-corrected chi connectivity index (χ4v) is 3.42. The molecule has 0 aliphatic carbocycles. The van der Waals surface area contributed by atoms with Crippen molar-refractivity contribution in [3.8, 4) is 0 Å². The summed E-state index contributed by atoms with van der Waals surface area (Å²) >= 11 is 2.93. The van der Waals surface area contributed by atoms with Gasteiger partial charge >= 0.3 is 0 Å². The molecule has 1 aliphatic heterocycles. The van der Waals surface area contributed by atoms with E-state index in [4.69, 9.17) is 0 Å². The second-order valence-corrected chi connectivity index (χ2v) is 5.48. The predicted octanol–water partition coefficient (Wildman–Crippen LogP) is 1.75.